The van der Waals surface area contributed by atoms with E-state index in [1.54, 1.807) is 0 Å². The molecule has 1 rings (SSSR count). The Balaban J connectivity index is 2.91. The molecule has 0 unspecified atom stereocenters. The van der Waals surface area contributed by atoms with Gasteiger partial charge in [-0.15, -0.1) is 3.89 Å². The van der Waals surface area contributed by atoms with Gasteiger partial charge in [0.25, 0.3) is 6.43 Å². The summed E-state index contributed by atoms with van der Waals surface area (Å²) in [5, 5.41) is 0. The van der Waals surface area contributed by atoms with Crippen LogP contribution < -0.4 is 0 Å². The van der Waals surface area contributed by atoms with E-state index in [1.807, 2.05) is 0 Å². The average molecular weight is 174 g/mol. The molecule has 1 saturated carbocycles. The van der Waals surface area contributed by atoms with Crippen LogP contribution in [0.2, 0.25) is 0 Å². The van der Waals surface area contributed by atoms with Crippen molar-refractivity contribution in [3.8, 4) is 0 Å². The predicted molar refractivity (Wildman–Crippen MR) is 28.0 cm³/mol. The first kappa shape index (κ1) is 7.84. The number of hydrogen-bond acceptors (Lipinski definition) is 2. The van der Waals surface area contributed by atoms with Gasteiger partial charge in [-0.3, -0.25) is 0 Å². The molecular formula is C4H5F3O2S. The SMILES string of the molecule is O=S(=O)(F)C1(C(F)F)CC1. The van der Waals surface area contributed by atoms with Crippen molar-refractivity contribution in [2.45, 2.75) is 24.0 Å². The fourth-order valence-electron chi connectivity index (χ4n) is 0.692. The van der Waals surface area contributed by atoms with Crippen LogP contribution in [0.5, 0.6) is 0 Å². The molecule has 1 aliphatic carbocycles. The van der Waals surface area contributed by atoms with Crippen molar-refractivity contribution in [3.63, 3.8) is 0 Å². The minimum Gasteiger partial charge on any atom is -0.209 e. The van der Waals surface area contributed by atoms with Crippen LogP contribution in [0.25, 0.3) is 0 Å². The molecule has 0 aliphatic heterocycles. The Hall–Kier alpha value is -0.260. The lowest BCUT2D eigenvalue weighted by Gasteiger charge is -2.06. The zero-order valence-electron chi connectivity index (χ0n) is 4.85. The van der Waals surface area contributed by atoms with E-state index in [1.165, 1.54) is 0 Å². The van der Waals surface area contributed by atoms with Gasteiger partial charge in [-0.1, -0.05) is 0 Å². The molecule has 0 aromatic rings. The average Bonchev–Trinajstić information content (AvgIpc) is 2.36. The van der Waals surface area contributed by atoms with Crippen LogP contribution in [-0.2, 0) is 10.2 Å². The monoisotopic (exact) mass is 174 g/mol. The number of halogens is 3. The maximum Gasteiger partial charge on any atom is 0.313 e. The lowest BCUT2D eigenvalue weighted by Crippen LogP contribution is -2.27. The fraction of sp³-hybridized carbons (Fsp3) is 1.00. The molecule has 2 nitrogen and oxygen atoms in total. The quantitative estimate of drug-likeness (QED) is 0.587. The topological polar surface area (TPSA) is 34.1 Å². The van der Waals surface area contributed by atoms with Crippen molar-refractivity contribution < 1.29 is 21.1 Å². The second-order valence-corrected chi connectivity index (χ2v) is 3.99. The molecule has 0 radical (unpaired) electrons. The van der Waals surface area contributed by atoms with Crippen molar-refractivity contribution >= 4 is 10.2 Å². The molecule has 0 heterocycles. The normalized spacial score (nSPS) is 23.2. The maximum atomic E-state index is 12.0. The number of alkyl halides is 2. The Bertz CT molecular complexity index is 229. The molecule has 0 spiro atoms. The minimum atomic E-state index is -5.04. The molecule has 1 aliphatic rings. The van der Waals surface area contributed by atoms with Gasteiger partial charge < -0.3 is 0 Å². The van der Waals surface area contributed by atoms with Gasteiger partial charge in [0.05, 0.1) is 0 Å². The third-order valence-corrected chi connectivity index (χ3v) is 3.18. The van der Waals surface area contributed by atoms with Crippen LogP contribution in [0.1, 0.15) is 12.8 Å². The van der Waals surface area contributed by atoms with E-state index in [-0.39, 0.29) is 12.8 Å². The summed E-state index contributed by atoms with van der Waals surface area (Å²) in [5.41, 5.74) is 0. The summed E-state index contributed by atoms with van der Waals surface area (Å²) < 4.78 is 53.2. The molecule has 60 valence electrons. The first-order valence-electron chi connectivity index (χ1n) is 2.62. The van der Waals surface area contributed by atoms with E-state index in [0.717, 1.165) is 0 Å². The van der Waals surface area contributed by atoms with Gasteiger partial charge in [0.1, 0.15) is 0 Å². The highest BCUT2D eigenvalue weighted by atomic mass is 32.3. The second kappa shape index (κ2) is 1.87. The molecule has 0 N–H and O–H groups in total. The second-order valence-electron chi connectivity index (χ2n) is 2.30. The summed E-state index contributed by atoms with van der Waals surface area (Å²) in [6, 6.07) is 0. The van der Waals surface area contributed by atoms with Crippen molar-refractivity contribution in [3.05, 3.63) is 0 Å². The van der Waals surface area contributed by atoms with Gasteiger partial charge in [-0.25, -0.2) is 8.78 Å². The van der Waals surface area contributed by atoms with Crippen molar-refractivity contribution in [1.82, 2.24) is 0 Å². The smallest absolute Gasteiger partial charge is 0.209 e. The van der Waals surface area contributed by atoms with E-state index in [2.05, 4.69) is 0 Å². The van der Waals surface area contributed by atoms with E-state index in [0.29, 0.717) is 0 Å². The molecule has 10 heavy (non-hydrogen) atoms. The summed E-state index contributed by atoms with van der Waals surface area (Å²) in [7, 11) is -5.04. The third kappa shape index (κ3) is 0.902. The fourth-order valence-corrected chi connectivity index (χ4v) is 1.49. The van der Waals surface area contributed by atoms with Gasteiger partial charge in [-0.2, -0.15) is 8.42 Å². The Morgan fingerprint density at radius 3 is 1.70 bits per heavy atom. The molecule has 0 amide bonds. The van der Waals surface area contributed by atoms with Gasteiger partial charge in [0, 0.05) is 0 Å². The highest BCUT2D eigenvalue weighted by molar-refractivity contribution is 7.88. The Kier molecular flexibility index (Phi) is 1.47. The number of hydrogen-bond donors (Lipinski definition) is 0. The summed E-state index contributed by atoms with van der Waals surface area (Å²) >= 11 is 0. The predicted octanol–water partition coefficient (Wildman–Crippen LogP) is 1.08. The van der Waals surface area contributed by atoms with Crippen LogP contribution in [0.15, 0.2) is 0 Å². The van der Waals surface area contributed by atoms with E-state index in [4.69, 9.17) is 0 Å². The highest BCUT2D eigenvalue weighted by Crippen LogP contribution is 2.49. The zero-order chi connectivity index (χ0) is 7.99. The first-order valence-corrected chi connectivity index (χ1v) is 4.01. The van der Waals surface area contributed by atoms with Gasteiger partial charge in [0.2, 0.25) is 0 Å². The third-order valence-electron chi connectivity index (χ3n) is 1.63. The lowest BCUT2D eigenvalue weighted by molar-refractivity contribution is 0.131. The maximum absolute atomic E-state index is 12.0. The molecule has 0 aromatic heterocycles. The van der Waals surface area contributed by atoms with Crippen LogP contribution in [-0.4, -0.2) is 19.6 Å². The standard InChI is InChI=1S/C4H5F3O2S/c5-3(6)4(1-2-4)10(7,8)9/h3H,1-2H2. The molecule has 6 heteroatoms. The molecule has 0 saturated heterocycles. The number of rotatable bonds is 2. The van der Waals surface area contributed by atoms with Crippen LogP contribution in [0, 0.1) is 0 Å². The van der Waals surface area contributed by atoms with Crippen molar-refractivity contribution in [2.24, 2.45) is 0 Å². The molecule has 0 atom stereocenters. The summed E-state index contributed by atoms with van der Waals surface area (Å²) in [4.78, 5) is 0. The zero-order valence-corrected chi connectivity index (χ0v) is 5.67. The lowest BCUT2D eigenvalue weighted by atomic mass is 10.4. The minimum absolute atomic E-state index is 0.260. The summed E-state index contributed by atoms with van der Waals surface area (Å²) in [5.74, 6) is 0. The Morgan fingerprint density at radius 1 is 1.30 bits per heavy atom. The van der Waals surface area contributed by atoms with Crippen LogP contribution in [0.3, 0.4) is 0 Å². The van der Waals surface area contributed by atoms with Gasteiger partial charge in [0.15, 0.2) is 4.75 Å². The van der Waals surface area contributed by atoms with E-state index < -0.39 is 21.4 Å². The molecule has 1 fully saturated rings. The molecule has 0 bridgehead atoms. The molecular weight excluding hydrogens is 169 g/mol. The van der Waals surface area contributed by atoms with Crippen LogP contribution in [0.4, 0.5) is 12.7 Å². The first-order chi connectivity index (χ1) is 4.40. The van der Waals surface area contributed by atoms with Crippen molar-refractivity contribution in [2.75, 3.05) is 0 Å². The Morgan fingerprint density at radius 2 is 1.70 bits per heavy atom. The van der Waals surface area contributed by atoms with E-state index in [9.17, 15) is 21.1 Å². The summed E-state index contributed by atoms with van der Waals surface area (Å²) in [6.07, 6.45) is -3.62. The van der Waals surface area contributed by atoms with Gasteiger partial charge >= 0.3 is 10.2 Å². The van der Waals surface area contributed by atoms with Gasteiger partial charge in [-0.05, 0) is 12.8 Å². The van der Waals surface area contributed by atoms with Crippen LogP contribution >= 0.6 is 0 Å². The largest absolute Gasteiger partial charge is 0.313 e. The van der Waals surface area contributed by atoms with E-state index >= 15 is 0 Å². The van der Waals surface area contributed by atoms with Crippen molar-refractivity contribution in [1.29, 1.82) is 0 Å². The Labute approximate surface area is 56.2 Å². The molecule has 0 aromatic carbocycles. The highest BCUT2D eigenvalue weighted by Gasteiger charge is 2.62. The summed E-state index contributed by atoms with van der Waals surface area (Å²) in [6.45, 7) is 0.